The molecule has 2 aliphatic carbocycles. The highest BCUT2D eigenvalue weighted by Gasteiger charge is 2.22. The van der Waals surface area contributed by atoms with Crippen molar-refractivity contribution in [2.45, 2.75) is 84.3 Å². The monoisotopic (exact) mass is 436 g/mol. The molecule has 1 aromatic heterocycles. The Hall–Kier alpha value is -2.40. The van der Waals surface area contributed by atoms with Crippen molar-refractivity contribution in [3.63, 3.8) is 0 Å². The summed E-state index contributed by atoms with van der Waals surface area (Å²) in [5.74, 6) is 0.957. The summed E-state index contributed by atoms with van der Waals surface area (Å²) in [7, 11) is 0. The topological polar surface area (TPSA) is 60.5 Å². The van der Waals surface area contributed by atoms with Gasteiger partial charge in [-0.05, 0) is 74.4 Å². The predicted molar refractivity (Wildman–Crippen MR) is 128 cm³/mol. The van der Waals surface area contributed by atoms with Crippen LogP contribution in [0.15, 0.2) is 30.5 Å². The zero-order valence-corrected chi connectivity index (χ0v) is 19.5. The van der Waals surface area contributed by atoms with Gasteiger partial charge in [0, 0.05) is 23.4 Å². The Kier molecular flexibility index (Phi) is 7.80. The third-order valence-corrected chi connectivity index (χ3v) is 6.85. The molecule has 172 valence electrons. The van der Waals surface area contributed by atoms with Crippen molar-refractivity contribution in [3.8, 4) is 17.0 Å². The molecule has 0 atom stereocenters. The standard InChI is InChI=1S/C27H36N2O3/c1-3-31-27-19(2)24(15-16-28-27)25-14-13-22(29-26(30)20-9-5-4-6-10-20)17-21(25)18-32-23-11-7-8-12-23/h13-17,20,23H,3-12,18H2,1-2H3,(H,29,30). The van der Waals surface area contributed by atoms with Gasteiger partial charge in [0.25, 0.3) is 0 Å². The van der Waals surface area contributed by atoms with Crippen molar-refractivity contribution < 1.29 is 14.3 Å². The van der Waals surface area contributed by atoms with Gasteiger partial charge in [-0.1, -0.05) is 38.2 Å². The first-order valence-corrected chi connectivity index (χ1v) is 12.3. The molecule has 5 heteroatoms. The average Bonchev–Trinajstić information content (AvgIpc) is 3.34. The van der Waals surface area contributed by atoms with Gasteiger partial charge in [-0.2, -0.15) is 0 Å². The largest absolute Gasteiger partial charge is 0.478 e. The summed E-state index contributed by atoms with van der Waals surface area (Å²) in [6.45, 7) is 5.14. The first kappa shape index (κ1) is 22.8. The fourth-order valence-electron chi connectivity index (χ4n) is 5.02. The molecule has 2 saturated carbocycles. The van der Waals surface area contributed by atoms with Gasteiger partial charge >= 0.3 is 0 Å². The van der Waals surface area contributed by atoms with Gasteiger partial charge in [-0.25, -0.2) is 4.98 Å². The van der Waals surface area contributed by atoms with Crippen LogP contribution in [-0.2, 0) is 16.1 Å². The molecule has 4 rings (SSSR count). The molecule has 1 N–H and O–H groups in total. The number of hydrogen-bond donors (Lipinski definition) is 1. The highest BCUT2D eigenvalue weighted by atomic mass is 16.5. The van der Waals surface area contributed by atoms with Crippen LogP contribution in [0.5, 0.6) is 5.88 Å². The van der Waals surface area contributed by atoms with Gasteiger partial charge in [-0.3, -0.25) is 4.79 Å². The average molecular weight is 437 g/mol. The molecular formula is C27H36N2O3. The smallest absolute Gasteiger partial charge is 0.227 e. The normalized spacial score (nSPS) is 17.4. The molecule has 0 saturated heterocycles. The van der Waals surface area contributed by atoms with Crippen molar-refractivity contribution in [1.29, 1.82) is 0 Å². The molecule has 5 nitrogen and oxygen atoms in total. The summed E-state index contributed by atoms with van der Waals surface area (Å²) in [6.07, 6.45) is 12.4. The molecule has 0 unspecified atom stereocenters. The van der Waals surface area contributed by atoms with Gasteiger partial charge in [-0.15, -0.1) is 0 Å². The fraction of sp³-hybridized carbons (Fsp3) is 0.556. The second-order valence-electron chi connectivity index (χ2n) is 9.14. The highest BCUT2D eigenvalue weighted by Crippen LogP contribution is 2.34. The zero-order valence-electron chi connectivity index (χ0n) is 19.5. The predicted octanol–water partition coefficient (Wildman–Crippen LogP) is 6.43. The van der Waals surface area contributed by atoms with E-state index >= 15 is 0 Å². The summed E-state index contributed by atoms with van der Waals surface area (Å²) in [6, 6.07) is 8.23. The molecule has 0 bridgehead atoms. The number of anilines is 1. The zero-order chi connectivity index (χ0) is 22.3. The third kappa shape index (κ3) is 5.50. The van der Waals surface area contributed by atoms with E-state index in [1.165, 1.54) is 19.3 Å². The van der Waals surface area contributed by atoms with Gasteiger partial charge in [0.1, 0.15) is 0 Å². The minimum Gasteiger partial charge on any atom is -0.478 e. The Balaban J connectivity index is 1.60. The SMILES string of the molecule is CCOc1nccc(-c2ccc(NC(=O)C3CCCCC3)cc2COC2CCCC2)c1C. The van der Waals surface area contributed by atoms with Crippen LogP contribution in [0.4, 0.5) is 5.69 Å². The van der Waals surface area contributed by atoms with E-state index in [0.717, 1.165) is 66.5 Å². The van der Waals surface area contributed by atoms with Crippen LogP contribution in [0.3, 0.4) is 0 Å². The summed E-state index contributed by atoms with van der Waals surface area (Å²) in [5.41, 5.74) is 5.18. The number of carbonyl (C=O) groups excluding carboxylic acids is 1. The Morgan fingerprint density at radius 1 is 1.03 bits per heavy atom. The summed E-state index contributed by atoms with van der Waals surface area (Å²) in [4.78, 5) is 17.2. The minimum atomic E-state index is 0.137. The number of hydrogen-bond acceptors (Lipinski definition) is 4. The fourth-order valence-corrected chi connectivity index (χ4v) is 5.02. The van der Waals surface area contributed by atoms with Crippen molar-refractivity contribution in [1.82, 2.24) is 4.98 Å². The molecule has 0 radical (unpaired) electrons. The van der Waals surface area contributed by atoms with Crippen LogP contribution in [0.25, 0.3) is 11.1 Å². The number of nitrogens with zero attached hydrogens (tertiary/aromatic N) is 1. The van der Waals surface area contributed by atoms with Gasteiger partial charge < -0.3 is 14.8 Å². The molecule has 2 aromatic rings. The summed E-state index contributed by atoms with van der Waals surface area (Å²) < 4.78 is 12.0. The minimum absolute atomic E-state index is 0.137. The van der Waals surface area contributed by atoms with Crippen LogP contribution in [0, 0.1) is 12.8 Å². The number of amides is 1. The Labute approximate surface area is 191 Å². The quantitative estimate of drug-likeness (QED) is 0.518. The van der Waals surface area contributed by atoms with E-state index in [2.05, 4.69) is 22.4 Å². The third-order valence-electron chi connectivity index (χ3n) is 6.85. The number of carbonyl (C=O) groups is 1. The lowest BCUT2D eigenvalue weighted by atomic mass is 9.88. The summed E-state index contributed by atoms with van der Waals surface area (Å²) >= 11 is 0. The second kappa shape index (κ2) is 11.0. The lowest BCUT2D eigenvalue weighted by Crippen LogP contribution is -2.24. The van der Waals surface area contributed by atoms with Crippen LogP contribution < -0.4 is 10.1 Å². The molecule has 1 heterocycles. The number of pyridine rings is 1. The van der Waals surface area contributed by atoms with E-state index < -0.39 is 0 Å². The molecule has 2 aliphatic rings. The molecule has 0 aliphatic heterocycles. The Morgan fingerprint density at radius 2 is 1.78 bits per heavy atom. The lowest BCUT2D eigenvalue weighted by Gasteiger charge is -2.22. The van der Waals surface area contributed by atoms with E-state index in [1.54, 1.807) is 6.20 Å². The van der Waals surface area contributed by atoms with Crippen molar-refractivity contribution in [2.75, 3.05) is 11.9 Å². The number of aromatic nitrogens is 1. The van der Waals surface area contributed by atoms with Crippen molar-refractivity contribution in [3.05, 3.63) is 41.6 Å². The van der Waals surface area contributed by atoms with Crippen LogP contribution in [-0.4, -0.2) is 23.6 Å². The van der Waals surface area contributed by atoms with E-state index in [9.17, 15) is 4.79 Å². The molecule has 1 aromatic carbocycles. The number of nitrogens with one attached hydrogen (secondary N) is 1. The maximum atomic E-state index is 12.8. The lowest BCUT2D eigenvalue weighted by molar-refractivity contribution is -0.120. The van der Waals surface area contributed by atoms with Gasteiger partial charge in [0.05, 0.1) is 19.3 Å². The molecule has 32 heavy (non-hydrogen) atoms. The van der Waals surface area contributed by atoms with E-state index in [1.807, 2.05) is 26.0 Å². The first-order chi connectivity index (χ1) is 15.7. The first-order valence-electron chi connectivity index (χ1n) is 12.3. The molecular weight excluding hydrogens is 400 g/mol. The Morgan fingerprint density at radius 3 is 2.53 bits per heavy atom. The van der Waals surface area contributed by atoms with Crippen LogP contribution >= 0.6 is 0 Å². The van der Waals surface area contributed by atoms with Gasteiger partial charge in [0.15, 0.2) is 0 Å². The summed E-state index contributed by atoms with van der Waals surface area (Å²) in [5, 5.41) is 3.17. The highest BCUT2D eigenvalue weighted by molar-refractivity contribution is 5.93. The maximum absolute atomic E-state index is 12.8. The van der Waals surface area contributed by atoms with E-state index in [-0.39, 0.29) is 11.8 Å². The van der Waals surface area contributed by atoms with Crippen molar-refractivity contribution >= 4 is 11.6 Å². The number of rotatable bonds is 8. The number of ether oxygens (including phenoxy) is 2. The number of benzene rings is 1. The maximum Gasteiger partial charge on any atom is 0.227 e. The molecule has 2 fully saturated rings. The van der Waals surface area contributed by atoms with Crippen molar-refractivity contribution in [2.24, 2.45) is 5.92 Å². The van der Waals surface area contributed by atoms with E-state index in [4.69, 9.17) is 9.47 Å². The van der Waals surface area contributed by atoms with Crippen LogP contribution in [0.1, 0.15) is 75.8 Å². The Bertz CT molecular complexity index is 915. The molecule has 0 spiro atoms. The van der Waals surface area contributed by atoms with Crippen LogP contribution in [0.2, 0.25) is 0 Å². The second-order valence-corrected chi connectivity index (χ2v) is 9.14. The molecule has 1 amide bonds. The van der Waals surface area contributed by atoms with Gasteiger partial charge in [0.2, 0.25) is 11.8 Å². The van der Waals surface area contributed by atoms with E-state index in [0.29, 0.717) is 25.2 Å².